The van der Waals surface area contributed by atoms with E-state index >= 15 is 0 Å². The lowest BCUT2D eigenvalue weighted by Crippen LogP contribution is -2.47. The normalized spacial score (nSPS) is 26.6. The zero-order valence-electron chi connectivity index (χ0n) is 11.1. The summed E-state index contributed by atoms with van der Waals surface area (Å²) in [7, 11) is 0. The lowest BCUT2D eigenvalue weighted by atomic mass is 9.74. The maximum Gasteiger partial charge on any atom is 0.271 e. The molecule has 0 saturated carbocycles. The number of hydrogen-bond donors (Lipinski definition) is 0. The van der Waals surface area contributed by atoms with Gasteiger partial charge in [-0.1, -0.05) is 27.7 Å². The van der Waals surface area contributed by atoms with Crippen molar-refractivity contribution in [3.63, 3.8) is 0 Å². The van der Waals surface area contributed by atoms with Gasteiger partial charge in [0, 0.05) is 17.8 Å². The van der Waals surface area contributed by atoms with E-state index in [1.54, 1.807) is 13.8 Å². The molecule has 0 aromatic heterocycles. The molecule has 4 heteroatoms. The van der Waals surface area contributed by atoms with E-state index in [4.69, 9.17) is 4.74 Å². The second-order valence-corrected chi connectivity index (χ2v) is 5.59. The molecule has 1 heterocycles. The average Bonchev–Trinajstić information content (AvgIpc) is 2.26. The standard InChI is InChI=1S/C13H22F2O2/c1-5-9(2)11(16)12(3,4)10-6-7-13(14,15)8-17-10/h9-10H,5-8H2,1-4H3. The average molecular weight is 248 g/mol. The van der Waals surface area contributed by atoms with Crippen LogP contribution in [0.4, 0.5) is 8.78 Å². The molecular weight excluding hydrogens is 226 g/mol. The molecule has 100 valence electrons. The molecule has 2 nitrogen and oxygen atoms in total. The molecule has 0 bridgehead atoms. The van der Waals surface area contributed by atoms with E-state index in [-0.39, 0.29) is 30.6 Å². The minimum absolute atomic E-state index is 0.0453. The quantitative estimate of drug-likeness (QED) is 0.761. The highest BCUT2D eigenvalue weighted by atomic mass is 19.3. The van der Waals surface area contributed by atoms with Crippen LogP contribution in [0, 0.1) is 11.3 Å². The van der Waals surface area contributed by atoms with Crippen molar-refractivity contribution in [2.24, 2.45) is 11.3 Å². The second kappa shape index (κ2) is 5.01. The van der Waals surface area contributed by atoms with Gasteiger partial charge < -0.3 is 4.74 Å². The lowest BCUT2D eigenvalue weighted by molar-refractivity contribution is -0.177. The Morgan fingerprint density at radius 1 is 1.53 bits per heavy atom. The summed E-state index contributed by atoms with van der Waals surface area (Å²) < 4.78 is 31.2. The zero-order chi connectivity index (χ0) is 13.3. The van der Waals surface area contributed by atoms with Crippen molar-refractivity contribution in [3.8, 4) is 0 Å². The molecule has 2 unspecified atom stereocenters. The van der Waals surface area contributed by atoms with Crippen molar-refractivity contribution in [2.45, 2.75) is 59.0 Å². The van der Waals surface area contributed by atoms with Crippen molar-refractivity contribution in [2.75, 3.05) is 6.61 Å². The van der Waals surface area contributed by atoms with Gasteiger partial charge in [-0.05, 0) is 12.8 Å². The van der Waals surface area contributed by atoms with Gasteiger partial charge >= 0.3 is 0 Å². The largest absolute Gasteiger partial charge is 0.371 e. The van der Waals surface area contributed by atoms with Gasteiger partial charge in [0.05, 0.1) is 6.10 Å². The number of carbonyl (C=O) groups is 1. The Balaban J connectivity index is 2.69. The monoisotopic (exact) mass is 248 g/mol. The van der Waals surface area contributed by atoms with Crippen molar-refractivity contribution in [3.05, 3.63) is 0 Å². The molecular formula is C13H22F2O2. The summed E-state index contributed by atoms with van der Waals surface area (Å²) in [5.74, 6) is -2.67. The molecule has 0 aliphatic carbocycles. The zero-order valence-corrected chi connectivity index (χ0v) is 11.1. The number of rotatable bonds is 4. The summed E-state index contributed by atoms with van der Waals surface area (Å²) in [6.45, 7) is 6.87. The molecule has 1 fully saturated rings. The van der Waals surface area contributed by atoms with E-state index in [2.05, 4.69) is 0 Å². The topological polar surface area (TPSA) is 26.3 Å². The summed E-state index contributed by atoms with van der Waals surface area (Å²) in [6.07, 6.45) is 0.450. The van der Waals surface area contributed by atoms with Crippen LogP contribution in [0.1, 0.15) is 47.0 Å². The first-order valence-electron chi connectivity index (χ1n) is 6.24. The number of carbonyl (C=O) groups excluding carboxylic acids is 1. The molecule has 0 aromatic carbocycles. The predicted molar refractivity (Wildman–Crippen MR) is 62.2 cm³/mol. The minimum Gasteiger partial charge on any atom is -0.371 e. The molecule has 0 aromatic rings. The highest BCUT2D eigenvalue weighted by Gasteiger charge is 2.45. The third-order valence-corrected chi connectivity index (χ3v) is 3.77. The smallest absolute Gasteiger partial charge is 0.271 e. The molecule has 0 spiro atoms. The highest BCUT2D eigenvalue weighted by molar-refractivity contribution is 5.86. The van der Waals surface area contributed by atoms with E-state index in [1.165, 1.54) is 0 Å². The fourth-order valence-corrected chi connectivity index (χ4v) is 2.27. The summed E-state index contributed by atoms with van der Waals surface area (Å²) in [4.78, 5) is 12.2. The van der Waals surface area contributed by atoms with Gasteiger partial charge in [-0.3, -0.25) is 4.79 Å². The summed E-state index contributed by atoms with van der Waals surface area (Å²) in [6, 6.07) is 0. The van der Waals surface area contributed by atoms with Gasteiger partial charge in [0.15, 0.2) is 0 Å². The molecule has 1 aliphatic heterocycles. The van der Waals surface area contributed by atoms with Crippen LogP contribution in [0.5, 0.6) is 0 Å². The van der Waals surface area contributed by atoms with Crippen molar-refractivity contribution < 1.29 is 18.3 Å². The Morgan fingerprint density at radius 2 is 2.12 bits per heavy atom. The van der Waals surface area contributed by atoms with E-state index in [1.807, 2.05) is 13.8 Å². The van der Waals surface area contributed by atoms with Crippen molar-refractivity contribution in [1.82, 2.24) is 0 Å². The van der Waals surface area contributed by atoms with Crippen molar-refractivity contribution >= 4 is 5.78 Å². The first kappa shape index (κ1) is 14.6. The van der Waals surface area contributed by atoms with Crippen LogP contribution < -0.4 is 0 Å². The van der Waals surface area contributed by atoms with Crippen LogP contribution in [-0.2, 0) is 9.53 Å². The highest BCUT2D eigenvalue weighted by Crippen LogP contribution is 2.38. The Bertz CT molecular complexity index is 277. The molecule has 1 saturated heterocycles. The Labute approximate surface area is 102 Å². The van der Waals surface area contributed by atoms with E-state index in [0.29, 0.717) is 0 Å². The van der Waals surface area contributed by atoms with Gasteiger partial charge in [-0.15, -0.1) is 0 Å². The number of alkyl halides is 2. The lowest BCUT2D eigenvalue weighted by Gasteiger charge is -2.39. The molecule has 0 amide bonds. The number of hydrogen-bond acceptors (Lipinski definition) is 2. The first-order chi connectivity index (χ1) is 7.70. The third kappa shape index (κ3) is 3.24. The summed E-state index contributed by atoms with van der Waals surface area (Å²) in [5.41, 5.74) is -0.675. The maximum atomic E-state index is 13.0. The van der Waals surface area contributed by atoms with Crippen LogP contribution >= 0.6 is 0 Å². The Hall–Kier alpha value is -0.510. The minimum atomic E-state index is -2.73. The summed E-state index contributed by atoms with van der Waals surface area (Å²) in [5, 5.41) is 0. The fraction of sp³-hybridized carbons (Fsp3) is 0.923. The van der Waals surface area contributed by atoms with Crippen LogP contribution in [0.3, 0.4) is 0 Å². The van der Waals surface area contributed by atoms with Gasteiger partial charge in [0.1, 0.15) is 12.4 Å². The van der Waals surface area contributed by atoms with Gasteiger partial charge in [-0.25, -0.2) is 8.78 Å². The van der Waals surface area contributed by atoms with Gasteiger partial charge in [0.2, 0.25) is 0 Å². The molecule has 0 radical (unpaired) electrons. The SMILES string of the molecule is CCC(C)C(=O)C(C)(C)C1CCC(F)(F)CO1. The third-order valence-electron chi connectivity index (χ3n) is 3.77. The number of Topliss-reactive ketones (excluding diaryl/α,β-unsaturated/α-hetero) is 1. The molecule has 1 rings (SSSR count). The number of ether oxygens (including phenoxy) is 1. The second-order valence-electron chi connectivity index (χ2n) is 5.59. The van der Waals surface area contributed by atoms with E-state index in [0.717, 1.165) is 6.42 Å². The van der Waals surface area contributed by atoms with Gasteiger partial charge in [0.25, 0.3) is 5.92 Å². The van der Waals surface area contributed by atoms with Crippen LogP contribution in [0.15, 0.2) is 0 Å². The maximum absolute atomic E-state index is 13.0. The van der Waals surface area contributed by atoms with E-state index in [9.17, 15) is 13.6 Å². The van der Waals surface area contributed by atoms with E-state index < -0.39 is 17.9 Å². The predicted octanol–water partition coefficient (Wildman–Crippen LogP) is 3.44. The van der Waals surface area contributed by atoms with Crippen molar-refractivity contribution in [1.29, 1.82) is 0 Å². The molecule has 2 atom stereocenters. The molecule has 1 aliphatic rings. The Morgan fingerprint density at radius 3 is 2.53 bits per heavy atom. The van der Waals surface area contributed by atoms with Gasteiger partial charge in [-0.2, -0.15) is 0 Å². The molecule has 17 heavy (non-hydrogen) atoms. The van der Waals surface area contributed by atoms with Crippen LogP contribution in [0.25, 0.3) is 0 Å². The fourth-order valence-electron chi connectivity index (χ4n) is 2.27. The molecule has 0 N–H and O–H groups in total. The number of ketones is 1. The summed E-state index contributed by atoms with van der Waals surface area (Å²) >= 11 is 0. The van der Waals surface area contributed by atoms with Crippen LogP contribution in [-0.4, -0.2) is 24.4 Å². The van der Waals surface area contributed by atoms with Crippen LogP contribution in [0.2, 0.25) is 0 Å². The Kier molecular flexibility index (Phi) is 4.28. The number of halogens is 2. The first-order valence-corrected chi connectivity index (χ1v) is 6.24.